The Hall–Kier alpha value is -3.10. The van der Waals surface area contributed by atoms with Crippen LogP contribution in [-0.2, 0) is 6.54 Å². The summed E-state index contributed by atoms with van der Waals surface area (Å²) < 4.78 is 15.6. The Morgan fingerprint density at radius 3 is 2.78 bits per heavy atom. The average Bonchev–Trinajstić information content (AvgIpc) is 3.17. The van der Waals surface area contributed by atoms with Crippen LogP contribution in [0.25, 0.3) is 0 Å². The molecular weight excluding hydrogens is 300 g/mol. The van der Waals surface area contributed by atoms with E-state index in [1.54, 1.807) is 19.3 Å². The van der Waals surface area contributed by atoms with Crippen molar-refractivity contribution in [2.75, 3.05) is 17.2 Å². The Balaban J connectivity index is 1.77. The predicted octanol–water partition coefficient (Wildman–Crippen LogP) is 2.52. The molecule has 0 bridgehead atoms. The largest absolute Gasteiger partial charge is 0.467 e. The van der Waals surface area contributed by atoms with E-state index in [2.05, 4.69) is 30.7 Å². The summed E-state index contributed by atoms with van der Waals surface area (Å²) in [7, 11) is 0. The van der Waals surface area contributed by atoms with Gasteiger partial charge >= 0.3 is 6.01 Å². The number of aromatic nitrogens is 4. The third-order valence-corrected chi connectivity index (χ3v) is 2.76. The zero-order valence-corrected chi connectivity index (χ0v) is 12.7. The quantitative estimate of drug-likeness (QED) is 0.679. The molecule has 23 heavy (non-hydrogen) atoms. The molecule has 0 aromatic carbocycles. The molecule has 3 aromatic rings. The molecule has 0 aliphatic rings. The van der Waals surface area contributed by atoms with Gasteiger partial charge in [0, 0.05) is 6.07 Å². The van der Waals surface area contributed by atoms with E-state index in [4.69, 9.17) is 13.7 Å². The van der Waals surface area contributed by atoms with Crippen LogP contribution in [0.1, 0.15) is 18.4 Å². The van der Waals surface area contributed by atoms with Gasteiger partial charge in [-0.25, -0.2) is 0 Å². The maximum Gasteiger partial charge on any atom is 0.323 e. The van der Waals surface area contributed by atoms with E-state index >= 15 is 0 Å². The lowest BCUT2D eigenvalue weighted by atomic mass is 10.4. The minimum atomic E-state index is 0.215. The molecule has 0 aliphatic heterocycles. The minimum absolute atomic E-state index is 0.215. The number of furan rings is 1. The number of rotatable bonds is 7. The van der Waals surface area contributed by atoms with Crippen molar-refractivity contribution in [3.63, 3.8) is 0 Å². The van der Waals surface area contributed by atoms with Crippen molar-refractivity contribution in [2.24, 2.45) is 0 Å². The van der Waals surface area contributed by atoms with Gasteiger partial charge in [0.25, 0.3) is 0 Å². The zero-order chi connectivity index (χ0) is 16.1. The first-order chi connectivity index (χ1) is 11.2. The molecule has 0 aliphatic carbocycles. The smallest absolute Gasteiger partial charge is 0.323 e. The third kappa shape index (κ3) is 3.96. The molecule has 120 valence electrons. The number of nitrogens with zero attached hydrogens (tertiary/aromatic N) is 4. The summed E-state index contributed by atoms with van der Waals surface area (Å²) in [6.07, 6.45) is 1.61. The lowest BCUT2D eigenvalue weighted by molar-refractivity contribution is 0.312. The summed E-state index contributed by atoms with van der Waals surface area (Å²) in [5.41, 5.74) is 0. The topological polar surface area (TPSA) is 111 Å². The highest BCUT2D eigenvalue weighted by molar-refractivity contribution is 5.49. The fourth-order valence-corrected chi connectivity index (χ4v) is 1.80. The highest BCUT2D eigenvalue weighted by Crippen LogP contribution is 2.17. The average molecular weight is 316 g/mol. The second kappa shape index (κ2) is 6.77. The molecule has 0 radical (unpaired) electrons. The number of nitrogens with one attached hydrogen (secondary N) is 2. The molecule has 0 fully saturated rings. The maximum absolute atomic E-state index is 5.36. The van der Waals surface area contributed by atoms with E-state index in [9.17, 15) is 0 Å². The molecule has 3 aromatic heterocycles. The van der Waals surface area contributed by atoms with Gasteiger partial charge in [0.2, 0.25) is 11.9 Å². The van der Waals surface area contributed by atoms with E-state index in [0.717, 1.165) is 5.76 Å². The first kappa shape index (κ1) is 14.8. The van der Waals surface area contributed by atoms with Crippen LogP contribution in [0.2, 0.25) is 0 Å². The van der Waals surface area contributed by atoms with Crippen LogP contribution in [0.3, 0.4) is 0 Å². The van der Waals surface area contributed by atoms with Crippen LogP contribution >= 0.6 is 0 Å². The van der Waals surface area contributed by atoms with Gasteiger partial charge in [-0.1, -0.05) is 5.16 Å². The maximum atomic E-state index is 5.36. The van der Waals surface area contributed by atoms with Gasteiger partial charge in [-0.15, -0.1) is 0 Å². The summed E-state index contributed by atoms with van der Waals surface area (Å²) in [5.74, 6) is 2.63. The molecule has 0 unspecified atom stereocenters. The van der Waals surface area contributed by atoms with Gasteiger partial charge in [0.05, 0.1) is 19.4 Å². The highest BCUT2D eigenvalue weighted by Gasteiger charge is 2.10. The van der Waals surface area contributed by atoms with E-state index in [-0.39, 0.29) is 6.01 Å². The molecule has 0 saturated carbocycles. The van der Waals surface area contributed by atoms with Gasteiger partial charge in [0.15, 0.2) is 5.82 Å². The molecule has 0 amide bonds. The van der Waals surface area contributed by atoms with Crippen molar-refractivity contribution in [2.45, 2.75) is 20.4 Å². The zero-order valence-electron chi connectivity index (χ0n) is 12.7. The summed E-state index contributed by atoms with van der Waals surface area (Å²) in [6.45, 7) is 4.55. The second-order valence-electron chi connectivity index (χ2n) is 4.58. The fraction of sp³-hybridized carbons (Fsp3) is 0.286. The Bertz CT molecular complexity index is 756. The minimum Gasteiger partial charge on any atom is -0.467 e. The van der Waals surface area contributed by atoms with Crippen molar-refractivity contribution in [1.29, 1.82) is 0 Å². The standard InChI is InChI=1S/C14H16N6O3/c1-3-21-14-18-12(15-8-10-5-4-6-22-10)17-13(19-14)16-11-7-9(2)23-20-11/h4-7H,3,8H2,1-2H3,(H2,15,16,17,18,19,20). The van der Waals surface area contributed by atoms with Gasteiger partial charge in [-0.2, -0.15) is 15.0 Å². The van der Waals surface area contributed by atoms with E-state index in [0.29, 0.717) is 36.6 Å². The first-order valence-electron chi connectivity index (χ1n) is 7.08. The van der Waals surface area contributed by atoms with E-state index in [1.165, 1.54) is 0 Å². The number of anilines is 3. The second-order valence-corrected chi connectivity index (χ2v) is 4.58. The monoisotopic (exact) mass is 316 g/mol. The van der Waals surface area contributed by atoms with Crippen molar-refractivity contribution in [1.82, 2.24) is 20.1 Å². The fourth-order valence-electron chi connectivity index (χ4n) is 1.80. The first-order valence-corrected chi connectivity index (χ1v) is 7.08. The SMILES string of the molecule is CCOc1nc(NCc2ccco2)nc(Nc2cc(C)on2)n1. The van der Waals surface area contributed by atoms with Crippen LogP contribution in [0, 0.1) is 6.92 Å². The van der Waals surface area contributed by atoms with Gasteiger partial charge in [-0.05, 0) is 26.0 Å². The lowest BCUT2D eigenvalue weighted by Gasteiger charge is -2.08. The third-order valence-electron chi connectivity index (χ3n) is 2.76. The molecule has 3 rings (SSSR count). The summed E-state index contributed by atoms with van der Waals surface area (Å²) in [5, 5.41) is 9.84. The Labute approximate surface area is 132 Å². The van der Waals surface area contributed by atoms with Crippen LogP contribution < -0.4 is 15.4 Å². The molecular formula is C14H16N6O3. The molecule has 9 heteroatoms. The van der Waals surface area contributed by atoms with Crippen molar-refractivity contribution in [3.05, 3.63) is 36.0 Å². The highest BCUT2D eigenvalue weighted by atomic mass is 16.5. The van der Waals surface area contributed by atoms with E-state index in [1.807, 2.05) is 19.1 Å². The normalized spacial score (nSPS) is 10.5. The van der Waals surface area contributed by atoms with Crippen LogP contribution in [0.15, 0.2) is 33.4 Å². The lowest BCUT2D eigenvalue weighted by Crippen LogP contribution is -2.09. The van der Waals surface area contributed by atoms with Crippen LogP contribution in [-0.4, -0.2) is 26.7 Å². The van der Waals surface area contributed by atoms with Crippen LogP contribution in [0.5, 0.6) is 6.01 Å². The Morgan fingerprint density at radius 2 is 2.09 bits per heavy atom. The molecule has 0 spiro atoms. The van der Waals surface area contributed by atoms with E-state index < -0.39 is 0 Å². The molecule has 3 heterocycles. The van der Waals surface area contributed by atoms with Crippen molar-refractivity contribution < 1.29 is 13.7 Å². The number of hydrogen-bond donors (Lipinski definition) is 2. The molecule has 2 N–H and O–H groups in total. The molecule has 0 saturated heterocycles. The number of hydrogen-bond acceptors (Lipinski definition) is 9. The summed E-state index contributed by atoms with van der Waals surface area (Å²) in [6, 6.07) is 5.62. The van der Waals surface area contributed by atoms with Crippen molar-refractivity contribution >= 4 is 17.7 Å². The van der Waals surface area contributed by atoms with Crippen molar-refractivity contribution in [3.8, 4) is 6.01 Å². The number of ether oxygens (including phenoxy) is 1. The number of aryl methyl sites for hydroxylation is 1. The van der Waals surface area contributed by atoms with Gasteiger partial charge < -0.3 is 24.3 Å². The summed E-state index contributed by atoms with van der Waals surface area (Å²) >= 11 is 0. The van der Waals surface area contributed by atoms with Gasteiger partial charge in [0.1, 0.15) is 11.5 Å². The predicted molar refractivity (Wildman–Crippen MR) is 81.6 cm³/mol. The molecule has 0 atom stereocenters. The Morgan fingerprint density at radius 1 is 1.22 bits per heavy atom. The van der Waals surface area contributed by atoms with Gasteiger partial charge in [-0.3, -0.25) is 0 Å². The Kier molecular flexibility index (Phi) is 4.37. The summed E-state index contributed by atoms with van der Waals surface area (Å²) in [4.78, 5) is 12.6. The molecule has 9 nitrogen and oxygen atoms in total. The van der Waals surface area contributed by atoms with Crippen LogP contribution in [0.4, 0.5) is 17.7 Å².